The summed E-state index contributed by atoms with van der Waals surface area (Å²) in [5.41, 5.74) is 7.51. The van der Waals surface area contributed by atoms with Crippen LogP contribution in [0.4, 0.5) is 4.79 Å². The molecule has 2 aromatic carbocycles. The lowest BCUT2D eigenvalue weighted by atomic mass is 10.0. The Balaban J connectivity index is 1.35. The second-order valence-electron chi connectivity index (χ2n) is 9.30. The minimum Gasteiger partial charge on any atom is -0.361 e. The second kappa shape index (κ2) is 8.58. The maximum atomic E-state index is 13.2. The van der Waals surface area contributed by atoms with Crippen molar-refractivity contribution in [3.05, 3.63) is 88.4 Å². The van der Waals surface area contributed by atoms with Crippen LogP contribution >= 0.6 is 0 Å². The summed E-state index contributed by atoms with van der Waals surface area (Å²) < 4.78 is 2.03. The van der Waals surface area contributed by atoms with Gasteiger partial charge in [0.05, 0.1) is 6.54 Å². The Morgan fingerprint density at radius 1 is 0.971 bits per heavy atom. The molecule has 4 aromatic rings. The summed E-state index contributed by atoms with van der Waals surface area (Å²) in [6, 6.07) is 14.6. The standard InChI is InChI=1S/C28H28N4O3/c1-16-9-10-21(11-17(16)2)32-18(3)12-23(19(32)4)26(33)15-31-27(34)25(30-28(31)35)13-20-14-29-24-8-6-5-7-22(20)24/h5-12,14,25,29H,13,15H2,1-4H3,(H,30,35). The molecule has 0 aliphatic carbocycles. The third-order valence-electron chi connectivity index (χ3n) is 6.99. The number of amides is 3. The number of aromatic nitrogens is 2. The molecule has 1 saturated heterocycles. The van der Waals surface area contributed by atoms with Crippen molar-refractivity contribution in [1.29, 1.82) is 0 Å². The summed E-state index contributed by atoms with van der Waals surface area (Å²) in [7, 11) is 0. The number of aryl methyl sites for hydroxylation is 3. The van der Waals surface area contributed by atoms with E-state index in [0.717, 1.165) is 38.4 Å². The van der Waals surface area contributed by atoms with Crippen LogP contribution in [0.1, 0.15) is 38.4 Å². The molecule has 0 radical (unpaired) electrons. The van der Waals surface area contributed by atoms with E-state index in [1.807, 2.05) is 61.0 Å². The predicted octanol–water partition coefficient (Wildman–Crippen LogP) is 4.54. The maximum Gasteiger partial charge on any atom is 0.325 e. The SMILES string of the molecule is Cc1ccc(-n2c(C)cc(C(=O)CN3C(=O)NC(Cc4c[nH]c5ccccc45)C3=O)c2C)cc1C. The highest BCUT2D eigenvalue weighted by atomic mass is 16.2. The fourth-order valence-corrected chi connectivity index (χ4v) is 4.92. The summed E-state index contributed by atoms with van der Waals surface area (Å²) in [6.07, 6.45) is 2.22. The smallest absolute Gasteiger partial charge is 0.325 e. The van der Waals surface area contributed by atoms with E-state index < -0.39 is 12.1 Å². The van der Waals surface area contributed by atoms with Gasteiger partial charge in [-0.05, 0) is 68.7 Å². The van der Waals surface area contributed by atoms with Crippen LogP contribution in [0.3, 0.4) is 0 Å². The number of carbonyl (C=O) groups is 3. The highest BCUT2D eigenvalue weighted by Crippen LogP contribution is 2.25. The first-order valence-corrected chi connectivity index (χ1v) is 11.7. The molecule has 1 unspecified atom stereocenters. The number of benzene rings is 2. The van der Waals surface area contributed by atoms with Crippen LogP contribution < -0.4 is 5.32 Å². The van der Waals surface area contributed by atoms with Crippen molar-refractivity contribution in [2.45, 2.75) is 40.2 Å². The fourth-order valence-electron chi connectivity index (χ4n) is 4.92. The number of hydrogen-bond acceptors (Lipinski definition) is 3. The van der Waals surface area contributed by atoms with E-state index in [2.05, 4.69) is 36.3 Å². The van der Waals surface area contributed by atoms with Crippen LogP contribution in [0.25, 0.3) is 16.6 Å². The van der Waals surface area contributed by atoms with E-state index in [0.29, 0.717) is 12.0 Å². The number of imide groups is 1. The Bertz CT molecular complexity index is 1490. The van der Waals surface area contributed by atoms with Gasteiger partial charge in [-0.3, -0.25) is 14.5 Å². The number of Topliss-reactive ketones (excluding diaryl/α,β-unsaturated/α-hetero) is 1. The van der Waals surface area contributed by atoms with Gasteiger partial charge in [-0.2, -0.15) is 0 Å². The highest BCUT2D eigenvalue weighted by molar-refractivity contribution is 6.09. The van der Waals surface area contributed by atoms with Crippen molar-refractivity contribution in [3.8, 4) is 5.69 Å². The first-order chi connectivity index (χ1) is 16.7. The maximum absolute atomic E-state index is 13.2. The van der Waals surface area contributed by atoms with Gasteiger partial charge >= 0.3 is 6.03 Å². The Kier molecular flexibility index (Phi) is 5.55. The van der Waals surface area contributed by atoms with Gasteiger partial charge in [0.2, 0.25) is 0 Å². The van der Waals surface area contributed by atoms with Crippen molar-refractivity contribution < 1.29 is 14.4 Å². The molecule has 2 N–H and O–H groups in total. The molecule has 1 aliphatic heterocycles. The van der Waals surface area contributed by atoms with Crippen LogP contribution in [0.5, 0.6) is 0 Å². The van der Waals surface area contributed by atoms with E-state index in [4.69, 9.17) is 0 Å². The Hall–Kier alpha value is -4.13. The average Bonchev–Trinajstić information content (AvgIpc) is 3.46. The molecule has 1 aliphatic rings. The predicted molar refractivity (Wildman–Crippen MR) is 135 cm³/mol. The molecule has 3 heterocycles. The van der Waals surface area contributed by atoms with Gasteiger partial charge in [0.25, 0.3) is 5.91 Å². The molecule has 0 saturated carbocycles. The first-order valence-electron chi connectivity index (χ1n) is 11.7. The molecular weight excluding hydrogens is 440 g/mol. The van der Waals surface area contributed by atoms with Crippen LogP contribution in [-0.4, -0.2) is 44.8 Å². The summed E-state index contributed by atoms with van der Waals surface area (Å²) in [5.74, 6) is -0.638. The highest BCUT2D eigenvalue weighted by Gasteiger charge is 2.39. The van der Waals surface area contributed by atoms with Crippen LogP contribution in [0.2, 0.25) is 0 Å². The number of aromatic amines is 1. The third kappa shape index (κ3) is 3.93. The van der Waals surface area contributed by atoms with Crippen molar-refractivity contribution in [1.82, 2.24) is 19.8 Å². The molecule has 2 aromatic heterocycles. The van der Waals surface area contributed by atoms with Gasteiger partial charge in [-0.1, -0.05) is 24.3 Å². The van der Waals surface area contributed by atoms with Crippen molar-refractivity contribution in [2.24, 2.45) is 0 Å². The molecule has 3 amide bonds. The number of nitrogens with zero attached hydrogens (tertiary/aromatic N) is 2. The lowest BCUT2D eigenvalue weighted by Crippen LogP contribution is -2.36. The van der Waals surface area contributed by atoms with E-state index in [9.17, 15) is 14.4 Å². The lowest BCUT2D eigenvalue weighted by molar-refractivity contribution is -0.127. The van der Waals surface area contributed by atoms with Gasteiger partial charge in [0.1, 0.15) is 6.04 Å². The average molecular weight is 469 g/mol. The second-order valence-corrected chi connectivity index (χ2v) is 9.30. The number of carbonyl (C=O) groups excluding carboxylic acids is 3. The summed E-state index contributed by atoms with van der Waals surface area (Å²) in [5, 5.41) is 3.76. The normalized spacial score (nSPS) is 15.8. The number of fused-ring (bicyclic) bond motifs is 1. The molecule has 7 nitrogen and oxygen atoms in total. The number of ketones is 1. The summed E-state index contributed by atoms with van der Waals surface area (Å²) in [4.78, 5) is 43.2. The third-order valence-corrected chi connectivity index (χ3v) is 6.99. The molecule has 1 atom stereocenters. The van der Waals surface area contributed by atoms with E-state index in [1.165, 1.54) is 11.1 Å². The Labute approximate surface area is 203 Å². The van der Waals surface area contributed by atoms with E-state index >= 15 is 0 Å². The monoisotopic (exact) mass is 468 g/mol. The Morgan fingerprint density at radius 3 is 2.51 bits per heavy atom. The topological polar surface area (TPSA) is 87.2 Å². The van der Waals surface area contributed by atoms with E-state index in [1.54, 1.807) is 0 Å². The molecule has 0 bridgehead atoms. The zero-order valence-electron chi connectivity index (χ0n) is 20.3. The molecule has 7 heteroatoms. The van der Waals surface area contributed by atoms with Crippen molar-refractivity contribution in [2.75, 3.05) is 6.54 Å². The minimum absolute atomic E-state index is 0.260. The van der Waals surface area contributed by atoms with Crippen LogP contribution in [-0.2, 0) is 11.2 Å². The van der Waals surface area contributed by atoms with E-state index in [-0.39, 0.29) is 18.2 Å². The molecule has 0 spiro atoms. The zero-order valence-corrected chi connectivity index (χ0v) is 20.3. The number of rotatable bonds is 6. The van der Waals surface area contributed by atoms with Crippen molar-refractivity contribution >= 4 is 28.6 Å². The minimum atomic E-state index is -0.697. The van der Waals surface area contributed by atoms with Gasteiger partial charge in [0.15, 0.2) is 5.78 Å². The molecule has 35 heavy (non-hydrogen) atoms. The van der Waals surface area contributed by atoms with Gasteiger partial charge in [0, 0.05) is 46.2 Å². The quantitative estimate of drug-likeness (QED) is 0.322. The molecule has 178 valence electrons. The van der Waals surface area contributed by atoms with Gasteiger partial charge < -0.3 is 14.9 Å². The number of nitrogens with one attached hydrogen (secondary N) is 2. The van der Waals surface area contributed by atoms with Gasteiger partial charge in [-0.15, -0.1) is 0 Å². The molecular formula is C28H28N4O3. The van der Waals surface area contributed by atoms with Gasteiger partial charge in [-0.25, -0.2) is 4.79 Å². The summed E-state index contributed by atoms with van der Waals surface area (Å²) >= 11 is 0. The fraction of sp³-hybridized carbons (Fsp3) is 0.250. The number of para-hydroxylation sites is 1. The summed E-state index contributed by atoms with van der Waals surface area (Å²) in [6.45, 7) is 7.67. The van der Waals surface area contributed by atoms with Crippen LogP contribution in [0, 0.1) is 27.7 Å². The molecule has 1 fully saturated rings. The number of H-pyrrole nitrogens is 1. The Morgan fingerprint density at radius 2 is 1.74 bits per heavy atom. The molecule has 5 rings (SSSR count). The van der Waals surface area contributed by atoms with Crippen molar-refractivity contribution in [3.63, 3.8) is 0 Å². The van der Waals surface area contributed by atoms with Crippen LogP contribution in [0.15, 0.2) is 54.7 Å². The largest absolute Gasteiger partial charge is 0.361 e. The first kappa shape index (κ1) is 22.7. The number of urea groups is 1. The zero-order chi connectivity index (χ0) is 24.9. The lowest BCUT2D eigenvalue weighted by Gasteiger charge is -2.14. The number of hydrogen-bond donors (Lipinski definition) is 2.